The standard InChI is InChI=1S/C11H14ClFN2O/c1-15(11(16)7-14)5-4-8-2-3-10(13)9(12)6-8/h2-3,6H,4-5,7,14H2,1H3. The molecule has 1 aromatic carbocycles. The van der Waals surface area contributed by atoms with E-state index in [0.717, 1.165) is 5.56 Å². The van der Waals surface area contributed by atoms with Crippen molar-refractivity contribution < 1.29 is 9.18 Å². The molecule has 0 aliphatic heterocycles. The summed E-state index contributed by atoms with van der Waals surface area (Å²) >= 11 is 5.64. The predicted octanol–water partition coefficient (Wildman–Crippen LogP) is 1.44. The van der Waals surface area contributed by atoms with Crippen LogP contribution in [0, 0.1) is 5.82 Å². The highest BCUT2D eigenvalue weighted by molar-refractivity contribution is 6.30. The molecule has 0 spiro atoms. The topological polar surface area (TPSA) is 46.3 Å². The Labute approximate surface area is 99.0 Å². The van der Waals surface area contributed by atoms with Crippen LogP contribution in [0.4, 0.5) is 4.39 Å². The Morgan fingerprint density at radius 3 is 2.81 bits per heavy atom. The first-order valence-electron chi connectivity index (χ1n) is 4.92. The van der Waals surface area contributed by atoms with E-state index in [4.69, 9.17) is 17.3 Å². The van der Waals surface area contributed by atoms with Crippen molar-refractivity contribution in [1.82, 2.24) is 4.90 Å². The van der Waals surface area contributed by atoms with Crippen LogP contribution in [0.1, 0.15) is 5.56 Å². The third-order valence-electron chi connectivity index (χ3n) is 2.32. The van der Waals surface area contributed by atoms with Gasteiger partial charge in [0.15, 0.2) is 0 Å². The minimum Gasteiger partial charge on any atom is -0.344 e. The van der Waals surface area contributed by atoms with E-state index in [1.165, 1.54) is 11.0 Å². The van der Waals surface area contributed by atoms with Gasteiger partial charge in [0.1, 0.15) is 5.82 Å². The van der Waals surface area contributed by atoms with Crippen LogP contribution in [0.5, 0.6) is 0 Å². The molecule has 0 radical (unpaired) electrons. The number of nitrogens with zero attached hydrogens (tertiary/aromatic N) is 1. The summed E-state index contributed by atoms with van der Waals surface area (Å²) in [6.07, 6.45) is 0.627. The minimum atomic E-state index is -0.434. The summed E-state index contributed by atoms with van der Waals surface area (Å²) in [5.74, 6) is -0.551. The number of nitrogens with two attached hydrogens (primary N) is 1. The van der Waals surface area contributed by atoms with Gasteiger partial charge in [-0.1, -0.05) is 17.7 Å². The van der Waals surface area contributed by atoms with Gasteiger partial charge in [0, 0.05) is 13.6 Å². The fourth-order valence-corrected chi connectivity index (χ4v) is 1.48. The molecule has 0 aliphatic carbocycles. The lowest BCUT2D eigenvalue weighted by Gasteiger charge is -2.15. The Hall–Kier alpha value is -1.13. The van der Waals surface area contributed by atoms with E-state index in [1.54, 1.807) is 19.2 Å². The maximum Gasteiger partial charge on any atom is 0.236 e. The van der Waals surface area contributed by atoms with Gasteiger partial charge in [-0.25, -0.2) is 4.39 Å². The zero-order valence-electron chi connectivity index (χ0n) is 9.04. The Balaban J connectivity index is 2.55. The molecule has 0 heterocycles. The Morgan fingerprint density at radius 1 is 1.56 bits per heavy atom. The predicted molar refractivity (Wildman–Crippen MR) is 61.8 cm³/mol. The molecule has 0 atom stereocenters. The van der Waals surface area contributed by atoms with E-state index in [-0.39, 0.29) is 17.5 Å². The van der Waals surface area contributed by atoms with Crippen LogP contribution in [-0.2, 0) is 11.2 Å². The smallest absolute Gasteiger partial charge is 0.236 e. The number of likely N-dealkylation sites (N-methyl/N-ethyl adjacent to an activating group) is 1. The summed E-state index contributed by atoms with van der Waals surface area (Å²) in [7, 11) is 1.68. The number of halogens is 2. The fraction of sp³-hybridized carbons (Fsp3) is 0.364. The van der Waals surface area contributed by atoms with Crippen molar-refractivity contribution in [3.8, 4) is 0 Å². The maximum absolute atomic E-state index is 12.9. The Morgan fingerprint density at radius 2 is 2.25 bits per heavy atom. The average molecular weight is 245 g/mol. The van der Waals surface area contributed by atoms with Crippen molar-refractivity contribution in [2.75, 3.05) is 20.1 Å². The van der Waals surface area contributed by atoms with Crippen molar-refractivity contribution in [2.24, 2.45) is 5.73 Å². The van der Waals surface area contributed by atoms with Crippen LogP contribution in [0.3, 0.4) is 0 Å². The molecule has 0 aliphatic rings. The summed E-state index contributed by atoms with van der Waals surface area (Å²) in [5, 5.41) is 0.102. The number of benzene rings is 1. The van der Waals surface area contributed by atoms with Gasteiger partial charge in [-0.15, -0.1) is 0 Å². The van der Waals surface area contributed by atoms with E-state index in [9.17, 15) is 9.18 Å². The summed E-state index contributed by atoms with van der Waals surface area (Å²) < 4.78 is 12.9. The number of amides is 1. The first-order valence-corrected chi connectivity index (χ1v) is 5.30. The molecule has 0 aromatic heterocycles. The molecular weight excluding hydrogens is 231 g/mol. The van der Waals surface area contributed by atoms with Gasteiger partial charge in [0.05, 0.1) is 11.6 Å². The zero-order chi connectivity index (χ0) is 12.1. The number of hydrogen-bond acceptors (Lipinski definition) is 2. The van der Waals surface area contributed by atoms with Gasteiger partial charge in [-0.3, -0.25) is 4.79 Å². The van der Waals surface area contributed by atoms with Crippen molar-refractivity contribution in [3.63, 3.8) is 0 Å². The zero-order valence-corrected chi connectivity index (χ0v) is 9.80. The molecule has 0 unspecified atom stereocenters. The normalized spacial score (nSPS) is 10.2. The summed E-state index contributed by atoms with van der Waals surface area (Å²) in [4.78, 5) is 12.7. The molecule has 1 amide bonds. The van der Waals surface area contributed by atoms with Crippen LogP contribution in [0.2, 0.25) is 5.02 Å². The van der Waals surface area contributed by atoms with Crippen LogP contribution in [0.25, 0.3) is 0 Å². The molecule has 0 fully saturated rings. The highest BCUT2D eigenvalue weighted by Gasteiger charge is 2.06. The first-order chi connectivity index (χ1) is 7.54. The van der Waals surface area contributed by atoms with Crippen molar-refractivity contribution >= 4 is 17.5 Å². The van der Waals surface area contributed by atoms with Gasteiger partial charge >= 0.3 is 0 Å². The van der Waals surface area contributed by atoms with Gasteiger partial charge in [-0.2, -0.15) is 0 Å². The van der Waals surface area contributed by atoms with Gasteiger partial charge < -0.3 is 10.6 Å². The number of hydrogen-bond donors (Lipinski definition) is 1. The second-order valence-corrected chi connectivity index (χ2v) is 3.93. The van der Waals surface area contributed by atoms with Crippen LogP contribution >= 0.6 is 11.6 Å². The lowest BCUT2D eigenvalue weighted by molar-refractivity contribution is -0.128. The van der Waals surface area contributed by atoms with Gasteiger partial charge in [-0.05, 0) is 24.1 Å². The number of rotatable bonds is 4. The first kappa shape index (κ1) is 12.9. The molecule has 16 heavy (non-hydrogen) atoms. The summed E-state index contributed by atoms with van der Waals surface area (Å²) in [6, 6.07) is 4.54. The molecule has 0 bridgehead atoms. The third-order valence-corrected chi connectivity index (χ3v) is 2.61. The molecule has 88 valence electrons. The molecule has 1 rings (SSSR count). The monoisotopic (exact) mass is 244 g/mol. The summed E-state index contributed by atoms with van der Waals surface area (Å²) in [6.45, 7) is 0.540. The Bertz CT molecular complexity index is 384. The second-order valence-electron chi connectivity index (χ2n) is 3.52. The molecule has 0 saturated carbocycles. The third kappa shape index (κ3) is 3.47. The molecular formula is C11H14ClFN2O. The molecule has 2 N–H and O–H groups in total. The van der Waals surface area contributed by atoms with Gasteiger partial charge in [0.2, 0.25) is 5.91 Å². The van der Waals surface area contributed by atoms with Crippen LogP contribution < -0.4 is 5.73 Å². The molecule has 0 saturated heterocycles. The SMILES string of the molecule is CN(CCc1ccc(F)c(Cl)c1)C(=O)CN. The van der Waals surface area contributed by atoms with Crippen molar-refractivity contribution in [2.45, 2.75) is 6.42 Å². The second kappa shape index (κ2) is 5.82. The highest BCUT2D eigenvalue weighted by Crippen LogP contribution is 2.16. The summed E-state index contributed by atoms with van der Waals surface area (Å²) in [5.41, 5.74) is 6.12. The lowest BCUT2D eigenvalue weighted by Crippen LogP contribution is -2.34. The number of carbonyl (C=O) groups is 1. The van der Waals surface area contributed by atoms with Crippen molar-refractivity contribution in [3.05, 3.63) is 34.6 Å². The van der Waals surface area contributed by atoms with E-state index < -0.39 is 5.82 Å². The van der Waals surface area contributed by atoms with E-state index >= 15 is 0 Å². The lowest BCUT2D eigenvalue weighted by atomic mass is 10.1. The molecule has 5 heteroatoms. The van der Waals surface area contributed by atoms with Crippen LogP contribution in [-0.4, -0.2) is 30.9 Å². The Kier molecular flexibility index (Phi) is 4.71. The molecule has 1 aromatic rings. The van der Waals surface area contributed by atoms with E-state index in [0.29, 0.717) is 13.0 Å². The van der Waals surface area contributed by atoms with Crippen molar-refractivity contribution in [1.29, 1.82) is 0 Å². The van der Waals surface area contributed by atoms with E-state index in [1.807, 2.05) is 0 Å². The van der Waals surface area contributed by atoms with E-state index in [2.05, 4.69) is 0 Å². The van der Waals surface area contributed by atoms with Gasteiger partial charge in [0.25, 0.3) is 0 Å². The molecule has 3 nitrogen and oxygen atoms in total. The van der Waals surface area contributed by atoms with Crippen LogP contribution in [0.15, 0.2) is 18.2 Å². The largest absolute Gasteiger partial charge is 0.344 e. The highest BCUT2D eigenvalue weighted by atomic mass is 35.5. The number of carbonyl (C=O) groups excluding carboxylic acids is 1. The maximum atomic E-state index is 12.9. The quantitative estimate of drug-likeness (QED) is 0.871. The average Bonchev–Trinajstić information content (AvgIpc) is 2.29. The minimum absolute atomic E-state index is 0.000669. The fourth-order valence-electron chi connectivity index (χ4n) is 1.27.